The number of aryl methyl sites for hydroxylation is 3. The van der Waals surface area contributed by atoms with E-state index in [4.69, 9.17) is 4.18 Å². The van der Waals surface area contributed by atoms with Gasteiger partial charge in [0, 0.05) is 0 Å². The highest BCUT2D eigenvalue weighted by atomic mass is 32.2. The monoisotopic (exact) mass is 397 g/mol. The Balaban J connectivity index is 2.69. The Morgan fingerprint density at radius 1 is 1.11 bits per heavy atom. The highest BCUT2D eigenvalue weighted by Crippen LogP contribution is 2.44. The molecule has 0 unspecified atom stereocenters. The maximum atomic E-state index is 14.4. The minimum Gasteiger partial charge on any atom is -0.385 e. The number of rotatable bonds is 5. The third-order valence-electron chi connectivity index (χ3n) is 5.69. The summed E-state index contributed by atoms with van der Waals surface area (Å²) in [6.45, 7) is 9.57. The summed E-state index contributed by atoms with van der Waals surface area (Å²) in [5.74, 6) is 0.387. The van der Waals surface area contributed by atoms with E-state index < -0.39 is 21.3 Å². The van der Waals surface area contributed by atoms with Crippen LogP contribution in [0.3, 0.4) is 0 Å². The Bertz CT molecular complexity index is 823. The second-order valence-electron chi connectivity index (χ2n) is 8.26. The van der Waals surface area contributed by atoms with E-state index in [1.54, 1.807) is 14.0 Å². The summed E-state index contributed by atoms with van der Waals surface area (Å²) in [6.07, 6.45) is 2.71. The standard InChI is InChI=1S/C21H32FNO3S/c1-14-12-15(2)18(16(3)13-14)17(4)19(26-27(7,24)25)21(23-6)10-8-20(5,22)9-11-21/h12-13,23H,8-11H2,1-7H3/b19-17-. The van der Waals surface area contributed by atoms with Crippen LogP contribution in [0.5, 0.6) is 0 Å². The smallest absolute Gasteiger partial charge is 0.306 e. The molecule has 1 aliphatic carbocycles. The van der Waals surface area contributed by atoms with Crippen molar-refractivity contribution >= 4 is 15.7 Å². The molecule has 1 aromatic rings. The van der Waals surface area contributed by atoms with E-state index in [0.29, 0.717) is 31.4 Å². The van der Waals surface area contributed by atoms with Crippen LogP contribution in [0.25, 0.3) is 5.57 Å². The minimum atomic E-state index is -3.73. The molecule has 152 valence electrons. The maximum absolute atomic E-state index is 14.4. The Morgan fingerprint density at radius 3 is 2.00 bits per heavy atom. The van der Waals surface area contributed by atoms with Crippen LogP contribution in [0.2, 0.25) is 0 Å². The summed E-state index contributed by atoms with van der Waals surface area (Å²) in [6, 6.07) is 4.16. The van der Waals surface area contributed by atoms with Gasteiger partial charge in [0.05, 0.1) is 11.8 Å². The number of likely N-dealkylation sites (N-methyl/N-ethyl adjacent to an activating group) is 1. The quantitative estimate of drug-likeness (QED) is 0.584. The summed E-state index contributed by atoms with van der Waals surface area (Å²) < 4.78 is 44.2. The van der Waals surface area contributed by atoms with Crippen LogP contribution in [0.4, 0.5) is 4.39 Å². The van der Waals surface area contributed by atoms with E-state index in [9.17, 15) is 12.8 Å². The molecule has 0 atom stereocenters. The lowest BCUT2D eigenvalue weighted by atomic mass is 9.73. The number of nitrogens with one attached hydrogen (secondary N) is 1. The number of alkyl halides is 1. The summed E-state index contributed by atoms with van der Waals surface area (Å²) >= 11 is 0. The van der Waals surface area contributed by atoms with Crippen LogP contribution in [0, 0.1) is 20.8 Å². The van der Waals surface area contributed by atoms with Gasteiger partial charge in [0.15, 0.2) is 0 Å². The fraction of sp³-hybridized carbons (Fsp3) is 0.619. The van der Waals surface area contributed by atoms with E-state index in [-0.39, 0.29) is 0 Å². The summed E-state index contributed by atoms with van der Waals surface area (Å²) in [4.78, 5) is 0. The maximum Gasteiger partial charge on any atom is 0.306 e. The molecule has 0 amide bonds. The average Bonchev–Trinajstić information content (AvgIpc) is 2.51. The van der Waals surface area contributed by atoms with Gasteiger partial charge in [-0.05, 0) is 89.6 Å². The first kappa shape index (κ1) is 21.9. The van der Waals surface area contributed by atoms with Crippen LogP contribution in [-0.4, -0.2) is 32.9 Å². The second-order valence-corrected chi connectivity index (χ2v) is 9.84. The average molecular weight is 398 g/mol. The first-order valence-electron chi connectivity index (χ1n) is 9.37. The van der Waals surface area contributed by atoms with Crippen LogP contribution >= 0.6 is 0 Å². The van der Waals surface area contributed by atoms with Crippen molar-refractivity contribution in [2.45, 2.75) is 71.5 Å². The van der Waals surface area contributed by atoms with Gasteiger partial charge in [0.1, 0.15) is 11.4 Å². The van der Waals surface area contributed by atoms with Gasteiger partial charge in [0.25, 0.3) is 0 Å². The lowest BCUT2D eigenvalue weighted by Gasteiger charge is -2.43. The molecule has 4 nitrogen and oxygen atoms in total. The molecule has 27 heavy (non-hydrogen) atoms. The molecule has 1 aliphatic rings. The van der Waals surface area contributed by atoms with Crippen LogP contribution < -0.4 is 5.32 Å². The van der Waals surface area contributed by atoms with Gasteiger partial charge in [-0.15, -0.1) is 0 Å². The van der Waals surface area contributed by atoms with Crippen molar-refractivity contribution in [1.82, 2.24) is 5.32 Å². The highest BCUT2D eigenvalue weighted by molar-refractivity contribution is 7.86. The van der Waals surface area contributed by atoms with Gasteiger partial charge in [-0.3, -0.25) is 0 Å². The van der Waals surface area contributed by atoms with Crippen molar-refractivity contribution in [3.8, 4) is 0 Å². The van der Waals surface area contributed by atoms with Gasteiger partial charge in [-0.1, -0.05) is 17.7 Å². The van der Waals surface area contributed by atoms with E-state index >= 15 is 0 Å². The van der Waals surface area contributed by atoms with E-state index in [1.807, 2.05) is 27.7 Å². The van der Waals surface area contributed by atoms with Crippen molar-refractivity contribution in [2.75, 3.05) is 13.3 Å². The number of hydrogen-bond donors (Lipinski definition) is 1. The fourth-order valence-electron chi connectivity index (χ4n) is 4.33. The molecular formula is C21H32FNO3S. The molecule has 0 aliphatic heterocycles. The molecule has 1 fully saturated rings. The van der Waals surface area contributed by atoms with Crippen LogP contribution in [0.1, 0.15) is 61.8 Å². The molecule has 1 aromatic carbocycles. The lowest BCUT2D eigenvalue weighted by molar-refractivity contribution is 0.0783. The van der Waals surface area contributed by atoms with Gasteiger partial charge in [0.2, 0.25) is 0 Å². The van der Waals surface area contributed by atoms with Gasteiger partial charge in [-0.25, -0.2) is 4.39 Å². The zero-order chi connectivity index (χ0) is 20.6. The molecule has 0 aromatic heterocycles. The lowest BCUT2D eigenvalue weighted by Crippen LogP contribution is -2.51. The van der Waals surface area contributed by atoms with E-state index in [2.05, 4.69) is 17.4 Å². The van der Waals surface area contributed by atoms with Crippen molar-refractivity contribution < 1.29 is 17.0 Å². The third-order valence-corrected chi connectivity index (χ3v) is 6.16. The van der Waals surface area contributed by atoms with Crippen LogP contribution in [-0.2, 0) is 14.3 Å². The summed E-state index contributed by atoms with van der Waals surface area (Å²) in [7, 11) is -1.94. The number of halogens is 1. The zero-order valence-corrected chi connectivity index (χ0v) is 18.3. The SMILES string of the molecule is CNC1(/C(OS(C)(=O)=O)=C(\C)c2c(C)cc(C)cc2C)CCC(C)(F)CC1. The second kappa shape index (κ2) is 7.55. The van der Waals surface area contributed by atoms with Crippen molar-refractivity contribution in [2.24, 2.45) is 0 Å². The summed E-state index contributed by atoms with van der Waals surface area (Å²) in [5, 5.41) is 3.26. The number of allylic oxidation sites excluding steroid dienone is 1. The topological polar surface area (TPSA) is 55.4 Å². The fourth-order valence-corrected chi connectivity index (χ4v) is 4.91. The molecule has 6 heteroatoms. The Kier molecular flexibility index (Phi) is 6.12. The Labute approximate surface area is 163 Å². The predicted molar refractivity (Wildman–Crippen MR) is 109 cm³/mol. The van der Waals surface area contributed by atoms with Crippen LogP contribution in [0.15, 0.2) is 17.9 Å². The number of hydrogen-bond acceptors (Lipinski definition) is 4. The molecular weight excluding hydrogens is 365 g/mol. The normalized spacial score (nSPS) is 27.3. The Morgan fingerprint density at radius 2 is 1.59 bits per heavy atom. The largest absolute Gasteiger partial charge is 0.385 e. The van der Waals surface area contributed by atoms with Gasteiger partial charge < -0.3 is 9.50 Å². The predicted octanol–water partition coefficient (Wildman–Crippen LogP) is 4.58. The Hall–Kier alpha value is -1.40. The molecule has 1 N–H and O–H groups in total. The van der Waals surface area contributed by atoms with Crippen molar-refractivity contribution in [3.05, 3.63) is 40.1 Å². The molecule has 0 spiro atoms. The van der Waals surface area contributed by atoms with Crippen molar-refractivity contribution in [3.63, 3.8) is 0 Å². The molecule has 0 saturated heterocycles. The molecule has 1 saturated carbocycles. The van der Waals surface area contributed by atoms with Gasteiger partial charge >= 0.3 is 10.1 Å². The number of benzene rings is 1. The first-order valence-corrected chi connectivity index (χ1v) is 11.2. The third kappa shape index (κ3) is 4.91. The van der Waals surface area contributed by atoms with E-state index in [1.165, 1.54) is 0 Å². The van der Waals surface area contributed by atoms with E-state index in [0.717, 1.165) is 34.1 Å². The molecule has 0 heterocycles. The van der Waals surface area contributed by atoms with Gasteiger partial charge in [-0.2, -0.15) is 8.42 Å². The van der Waals surface area contributed by atoms with Crippen molar-refractivity contribution in [1.29, 1.82) is 0 Å². The molecule has 2 rings (SSSR count). The highest BCUT2D eigenvalue weighted by Gasteiger charge is 2.45. The molecule has 0 radical (unpaired) electrons. The molecule has 0 bridgehead atoms. The summed E-state index contributed by atoms with van der Waals surface area (Å²) in [5.41, 5.74) is 3.12. The zero-order valence-electron chi connectivity index (χ0n) is 17.5. The minimum absolute atomic E-state index is 0.351. The first-order chi connectivity index (χ1) is 12.3.